The molecule has 0 aliphatic carbocycles. The number of hydrogen-bond acceptors (Lipinski definition) is 5. The fourth-order valence-electron chi connectivity index (χ4n) is 3.54. The van der Waals surface area contributed by atoms with E-state index in [1.165, 1.54) is 12.1 Å². The van der Waals surface area contributed by atoms with Crippen molar-refractivity contribution < 1.29 is 22.8 Å². The molecule has 0 spiro atoms. The van der Waals surface area contributed by atoms with E-state index in [-0.39, 0.29) is 17.2 Å². The lowest BCUT2D eigenvalue weighted by Gasteiger charge is -2.23. The number of carbonyl (C=O) groups is 3. The van der Waals surface area contributed by atoms with Crippen LogP contribution in [0, 0.1) is 12.8 Å². The molecule has 176 valence electrons. The fraction of sp³-hybridized carbons (Fsp3) is 0.348. The number of nitrogens with one attached hydrogen (secondary N) is 4. The number of imide groups is 1. The molecule has 1 aliphatic heterocycles. The zero-order valence-electron chi connectivity index (χ0n) is 18.9. The SMILES string of the molecule is Cc1ccc(S(=O)(=O)N[C@H](CC(C)C)C(=O)Nc2cccc([C@]3(C)NC(=O)NC3=O)c2)cc1. The summed E-state index contributed by atoms with van der Waals surface area (Å²) in [5, 5.41) is 7.50. The summed E-state index contributed by atoms with van der Waals surface area (Å²) in [4.78, 5) is 36.9. The van der Waals surface area contributed by atoms with Crippen LogP contribution in [0.5, 0.6) is 0 Å². The average molecular weight is 473 g/mol. The first-order valence-corrected chi connectivity index (χ1v) is 12.0. The highest BCUT2D eigenvalue weighted by atomic mass is 32.2. The standard InChI is InChI=1S/C23H28N4O5S/c1-14(2)12-19(27-33(31,32)18-10-8-15(3)9-11-18)20(28)24-17-7-5-6-16(13-17)23(4)21(29)25-22(30)26-23/h5-11,13-14,19,27H,12H2,1-4H3,(H,24,28)(H2,25,26,29,30)/t19-,23+/m1/s1. The fourth-order valence-corrected chi connectivity index (χ4v) is 4.74. The maximum atomic E-state index is 13.1. The minimum absolute atomic E-state index is 0.0455. The Balaban J connectivity index is 1.81. The Morgan fingerprint density at radius 3 is 2.33 bits per heavy atom. The molecule has 1 heterocycles. The molecule has 0 radical (unpaired) electrons. The van der Waals surface area contributed by atoms with Gasteiger partial charge in [0.2, 0.25) is 15.9 Å². The van der Waals surface area contributed by atoms with Gasteiger partial charge in [0.05, 0.1) is 4.90 Å². The van der Waals surface area contributed by atoms with Crippen LogP contribution in [-0.2, 0) is 25.2 Å². The van der Waals surface area contributed by atoms with Gasteiger partial charge in [-0.05, 0) is 56.0 Å². The molecule has 1 saturated heterocycles. The number of hydrogen-bond donors (Lipinski definition) is 4. The molecule has 9 nitrogen and oxygen atoms in total. The van der Waals surface area contributed by atoms with Crippen molar-refractivity contribution in [1.82, 2.24) is 15.4 Å². The normalized spacial score (nSPS) is 19.2. The number of urea groups is 1. The van der Waals surface area contributed by atoms with Crippen molar-refractivity contribution in [1.29, 1.82) is 0 Å². The van der Waals surface area contributed by atoms with Crippen LogP contribution in [0.25, 0.3) is 0 Å². The number of amides is 4. The topological polar surface area (TPSA) is 133 Å². The Morgan fingerprint density at radius 1 is 1.09 bits per heavy atom. The van der Waals surface area contributed by atoms with Crippen LogP contribution in [-0.4, -0.2) is 32.3 Å². The Kier molecular flexibility index (Phi) is 6.89. The quantitative estimate of drug-likeness (QED) is 0.438. The summed E-state index contributed by atoms with van der Waals surface area (Å²) in [6.07, 6.45) is 0.285. The molecular formula is C23H28N4O5S. The summed E-state index contributed by atoms with van der Waals surface area (Å²) < 4.78 is 28.2. The Bertz CT molecular complexity index is 1180. The van der Waals surface area contributed by atoms with Crippen molar-refractivity contribution in [3.63, 3.8) is 0 Å². The molecule has 0 saturated carbocycles. The van der Waals surface area contributed by atoms with Gasteiger partial charge in [-0.2, -0.15) is 4.72 Å². The third-order valence-corrected chi connectivity index (χ3v) is 6.89. The van der Waals surface area contributed by atoms with Crippen molar-refractivity contribution in [2.24, 2.45) is 5.92 Å². The average Bonchev–Trinajstić information content (AvgIpc) is 3.00. The predicted molar refractivity (Wildman–Crippen MR) is 124 cm³/mol. The van der Waals surface area contributed by atoms with Gasteiger partial charge < -0.3 is 10.6 Å². The lowest BCUT2D eigenvalue weighted by molar-refractivity contribution is -0.123. The van der Waals surface area contributed by atoms with Crippen molar-refractivity contribution in [2.75, 3.05) is 5.32 Å². The van der Waals surface area contributed by atoms with Gasteiger partial charge in [-0.1, -0.05) is 43.7 Å². The van der Waals surface area contributed by atoms with Crippen LogP contribution >= 0.6 is 0 Å². The van der Waals surface area contributed by atoms with Crippen molar-refractivity contribution in [3.8, 4) is 0 Å². The van der Waals surface area contributed by atoms with Crippen LogP contribution in [0.1, 0.15) is 38.3 Å². The largest absolute Gasteiger partial charge is 0.325 e. The first-order chi connectivity index (χ1) is 15.4. The van der Waals surface area contributed by atoms with E-state index in [1.54, 1.807) is 43.3 Å². The summed E-state index contributed by atoms with van der Waals surface area (Å²) in [7, 11) is -3.91. The summed E-state index contributed by atoms with van der Waals surface area (Å²) in [5.74, 6) is -0.981. The second-order valence-corrected chi connectivity index (χ2v) is 10.4. The molecule has 1 fully saturated rings. The number of rotatable bonds is 8. The van der Waals surface area contributed by atoms with Crippen LogP contribution in [0.15, 0.2) is 53.4 Å². The van der Waals surface area contributed by atoms with E-state index in [4.69, 9.17) is 0 Å². The molecule has 2 aromatic rings. The molecule has 0 bridgehead atoms. The molecule has 2 atom stereocenters. The van der Waals surface area contributed by atoms with Crippen LogP contribution in [0.3, 0.4) is 0 Å². The monoisotopic (exact) mass is 472 g/mol. The molecule has 1 aliphatic rings. The van der Waals surface area contributed by atoms with Crippen molar-refractivity contribution in [2.45, 2.75) is 50.6 Å². The number of aryl methyl sites for hydroxylation is 1. The Hall–Kier alpha value is -3.24. The van der Waals surface area contributed by atoms with Gasteiger partial charge in [0.25, 0.3) is 5.91 Å². The van der Waals surface area contributed by atoms with Gasteiger partial charge in [-0.3, -0.25) is 14.9 Å². The molecule has 33 heavy (non-hydrogen) atoms. The Labute approximate surface area is 193 Å². The predicted octanol–water partition coefficient (Wildman–Crippen LogP) is 2.38. The van der Waals surface area contributed by atoms with Gasteiger partial charge in [0, 0.05) is 5.69 Å². The third-order valence-electron chi connectivity index (χ3n) is 5.40. The maximum absolute atomic E-state index is 13.1. The highest BCUT2D eigenvalue weighted by Gasteiger charge is 2.43. The van der Waals surface area contributed by atoms with E-state index in [0.29, 0.717) is 11.3 Å². The molecule has 2 aromatic carbocycles. The number of sulfonamides is 1. The van der Waals surface area contributed by atoms with Crippen LogP contribution in [0.4, 0.5) is 10.5 Å². The van der Waals surface area contributed by atoms with E-state index < -0.39 is 39.4 Å². The third kappa shape index (κ3) is 5.58. The summed E-state index contributed by atoms with van der Waals surface area (Å²) in [6, 6.07) is 11.3. The van der Waals surface area contributed by atoms with E-state index >= 15 is 0 Å². The number of benzene rings is 2. The second kappa shape index (κ2) is 9.32. The first kappa shape index (κ1) is 24.4. The summed E-state index contributed by atoms with van der Waals surface area (Å²) >= 11 is 0. The summed E-state index contributed by atoms with van der Waals surface area (Å²) in [6.45, 7) is 7.20. The molecule has 10 heteroatoms. The van der Waals surface area contributed by atoms with E-state index in [0.717, 1.165) is 5.56 Å². The maximum Gasteiger partial charge on any atom is 0.322 e. The zero-order chi connectivity index (χ0) is 24.4. The lowest BCUT2D eigenvalue weighted by atomic mass is 9.92. The number of anilines is 1. The van der Waals surface area contributed by atoms with Gasteiger partial charge in [-0.15, -0.1) is 0 Å². The van der Waals surface area contributed by atoms with E-state index in [1.807, 2.05) is 20.8 Å². The minimum Gasteiger partial charge on any atom is -0.325 e. The van der Waals surface area contributed by atoms with Crippen LogP contribution in [0.2, 0.25) is 0 Å². The highest BCUT2D eigenvalue weighted by molar-refractivity contribution is 7.89. The minimum atomic E-state index is -3.91. The number of carbonyl (C=O) groups excluding carboxylic acids is 3. The zero-order valence-corrected chi connectivity index (χ0v) is 19.7. The van der Waals surface area contributed by atoms with Gasteiger partial charge in [-0.25, -0.2) is 13.2 Å². The van der Waals surface area contributed by atoms with E-state index in [2.05, 4.69) is 20.7 Å². The molecule has 4 amide bonds. The molecular weight excluding hydrogens is 444 g/mol. The summed E-state index contributed by atoms with van der Waals surface area (Å²) in [5.41, 5.74) is 0.494. The lowest BCUT2D eigenvalue weighted by Crippen LogP contribution is -2.44. The second-order valence-electron chi connectivity index (χ2n) is 8.72. The van der Waals surface area contributed by atoms with Gasteiger partial charge in [0.15, 0.2) is 0 Å². The molecule has 4 N–H and O–H groups in total. The highest BCUT2D eigenvalue weighted by Crippen LogP contribution is 2.26. The first-order valence-electron chi connectivity index (χ1n) is 10.5. The van der Waals surface area contributed by atoms with E-state index in [9.17, 15) is 22.8 Å². The van der Waals surface area contributed by atoms with Crippen LogP contribution < -0.4 is 20.7 Å². The molecule has 3 rings (SSSR count). The van der Waals surface area contributed by atoms with Crippen molar-refractivity contribution in [3.05, 3.63) is 59.7 Å². The van der Waals surface area contributed by atoms with Gasteiger partial charge in [0.1, 0.15) is 11.6 Å². The molecule has 0 unspecified atom stereocenters. The smallest absolute Gasteiger partial charge is 0.322 e. The van der Waals surface area contributed by atoms with Gasteiger partial charge >= 0.3 is 6.03 Å². The van der Waals surface area contributed by atoms with Crippen molar-refractivity contribution >= 4 is 33.6 Å². The molecule has 0 aromatic heterocycles. The Morgan fingerprint density at radius 2 is 1.76 bits per heavy atom.